The Labute approximate surface area is 228 Å². The molecule has 6 aromatic carbocycles. The van der Waals surface area contributed by atoms with E-state index in [4.69, 9.17) is 0 Å². The number of rotatable bonds is 2. The van der Waals surface area contributed by atoms with Crippen LogP contribution in [0, 0.1) is 0 Å². The number of aromatic nitrogens is 2. The number of benzene rings is 6. The lowest BCUT2D eigenvalue weighted by Crippen LogP contribution is -1.95. The van der Waals surface area contributed by atoms with Crippen LogP contribution in [0.5, 0.6) is 0 Å². The van der Waals surface area contributed by atoms with Gasteiger partial charge >= 0.3 is 0 Å². The Morgan fingerprint density at radius 2 is 0.846 bits per heavy atom. The highest BCUT2D eigenvalue weighted by Crippen LogP contribution is 2.50. The standard InChI is InChI=1S/C36H22N2S/c1-3-13-23(14-4-1)37-28-20-10-7-17-25(28)31-32-26-18-8-11-21-29(26)38(24-15-5-2-6-16-24)35(32)36-33(34(31)37)27-19-9-12-22-30(27)39-36/h1-22H. The van der Waals surface area contributed by atoms with Crippen molar-refractivity contribution in [1.29, 1.82) is 0 Å². The average molecular weight is 515 g/mol. The Morgan fingerprint density at radius 3 is 1.46 bits per heavy atom. The summed E-state index contributed by atoms with van der Waals surface area (Å²) in [5, 5.41) is 7.87. The quantitative estimate of drug-likeness (QED) is 0.217. The maximum Gasteiger partial charge on any atom is 0.0727 e. The fourth-order valence-electron chi connectivity index (χ4n) is 6.58. The molecule has 0 saturated carbocycles. The van der Waals surface area contributed by atoms with E-state index >= 15 is 0 Å². The van der Waals surface area contributed by atoms with E-state index in [-0.39, 0.29) is 0 Å². The molecule has 0 aliphatic heterocycles. The molecule has 39 heavy (non-hydrogen) atoms. The molecule has 0 atom stereocenters. The van der Waals surface area contributed by atoms with Crippen molar-refractivity contribution in [2.45, 2.75) is 0 Å². The first-order chi connectivity index (χ1) is 19.4. The van der Waals surface area contributed by atoms with E-state index in [1.807, 2.05) is 11.3 Å². The Balaban J connectivity index is 1.69. The van der Waals surface area contributed by atoms with Crippen LogP contribution in [-0.4, -0.2) is 9.13 Å². The van der Waals surface area contributed by atoms with Crippen LogP contribution in [0.2, 0.25) is 0 Å². The summed E-state index contributed by atoms with van der Waals surface area (Å²) in [6.07, 6.45) is 0. The number of para-hydroxylation sites is 4. The number of thiophene rings is 1. The molecular weight excluding hydrogens is 492 g/mol. The Hall–Kier alpha value is -4.86. The van der Waals surface area contributed by atoms with Gasteiger partial charge in [0.1, 0.15) is 0 Å². The van der Waals surface area contributed by atoms with Gasteiger partial charge in [-0.1, -0.05) is 91.0 Å². The summed E-state index contributed by atoms with van der Waals surface area (Å²) in [4.78, 5) is 0. The largest absolute Gasteiger partial charge is 0.309 e. The van der Waals surface area contributed by atoms with E-state index in [2.05, 4.69) is 143 Å². The minimum atomic E-state index is 1.19. The van der Waals surface area contributed by atoms with E-state index in [1.165, 1.54) is 75.2 Å². The van der Waals surface area contributed by atoms with Crippen molar-refractivity contribution in [3.8, 4) is 11.4 Å². The maximum absolute atomic E-state index is 2.49. The maximum atomic E-state index is 2.49. The summed E-state index contributed by atoms with van der Waals surface area (Å²) < 4.78 is 7.62. The van der Waals surface area contributed by atoms with Gasteiger partial charge in [0.2, 0.25) is 0 Å². The molecule has 0 fully saturated rings. The summed E-state index contributed by atoms with van der Waals surface area (Å²) in [5.74, 6) is 0. The molecular formula is C36H22N2S. The van der Waals surface area contributed by atoms with E-state index in [1.54, 1.807) is 0 Å². The van der Waals surface area contributed by atoms with Crippen LogP contribution in [-0.2, 0) is 0 Å². The van der Waals surface area contributed by atoms with Gasteiger partial charge in [0.15, 0.2) is 0 Å². The van der Waals surface area contributed by atoms with Crippen LogP contribution in [0.1, 0.15) is 0 Å². The van der Waals surface area contributed by atoms with Crippen molar-refractivity contribution in [1.82, 2.24) is 9.13 Å². The van der Waals surface area contributed by atoms with Gasteiger partial charge in [-0.05, 0) is 42.5 Å². The molecule has 0 aliphatic rings. The smallest absolute Gasteiger partial charge is 0.0727 e. The molecule has 0 bridgehead atoms. The zero-order valence-corrected chi connectivity index (χ0v) is 21.8. The summed E-state index contributed by atoms with van der Waals surface area (Å²) in [5.41, 5.74) is 7.43. The van der Waals surface area contributed by atoms with Gasteiger partial charge in [0.25, 0.3) is 0 Å². The fraction of sp³-hybridized carbons (Fsp3) is 0. The molecule has 0 aliphatic carbocycles. The fourth-order valence-corrected chi connectivity index (χ4v) is 7.82. The Morgan fingerprint density at radius 1 is 0.385 bits per heavy atom. The van der Waals surface area contributed by atoms with E-state index in [0.717, 1.165) is 0 Å². The molecule has 9 aromatic rings. The topological polar surface area (TPSA) is 9.86 Å². The molecule has 9 rings (SSSR count). The van der Waals surface area contributed by atoms with Crippen LogP contribution in [0.25, 0.3) is 75.2 Å². The molecule has 3 aromatic heterocycles. The first-order valence-electron chi connectivity index (χ1n) is 13.3. The second-order valence-corrected chi connectivity index (χ2v) is 11.2. The van der Waals surface area contributed by atoms with Gasteiger partial charge in [-0.15, -0.1) is 11.3 Å². The minimum absolute atomic E-state index is 1.19. The Kier molecular flexibility index (Phi) is 4.24. The molecule has 3 heteroatoms. The van der Waals surface area contributed by atoms with E-state index < -0.39 is 0 Å². The van der Waals surface area contributed by atoms with Gasteiger partial charge in [-0.25, -0.2) is 0 Å². The summed E-state index contributed by atoms with van der Waals surface area (Å²) in [6.45, 7) is 0. The van der Waals surface area contributed by atoms with E-state index in [9.17, 15) is 0 Å². The first kappa shape index (κ1) is 21.1. The van der Waals surface area contributed by atoms with Crippen molar-refractivity contribution in [3.63, 3.8) is 0 Å². The Bertz CT molecular complexity index is 2370. The average Bonchev–Trinajstić information content (AvgIpc) is 3.66. The van der Waals surface area contributed by atoms with Crippen LogP contribution >= 0.6 is 11.3 Å². The third kappa shape index (κ3) is 2.75. The zero-order chi connectivity index (χ0) is 25.5. The molecule has 3 heterocycles. The third-order valence-electron chi connectivity index (χ3n) is 8.08. The monoisotopic (exact) mass is 514 g/mol. The van der Waals surface area contributed by atoms with Crippen molar-refractivity contribution < 1.29 is 0 Å². The highest BCUT2D eigenvalue weighted by atomic mass is 32.1. The molecule has 0 spiro atoms. The summed E-state index contributed by atoms with van der Waals surface area (Å²) >= 11 is 1.91. The molecule has 0 N–H and O–H groups in total. The SMILES string of the molecule is c1ccc(-n2c3ccccc3c3c4c5ccccc5n(-c5ccccc5)c4c4c5ccccc5sc4c32)cc1. The second-order valence-electron chi connectivity index (χ2n) is 10.1. The summed E-state index contributed by atoms with van der Waals surface area (Å²) in [6, 6.07) is 48.3. The van der Waals surface area contributed by atoms with Crippen molar-refractivity contribution in [2.24, 2.45) is 0 Å². The van der Waals surface area contributed by atoms with E-state index in [0.29, 0.717) is 0 Å². The molecule has 182 valence electrons. The lowest BCUT2D eigenvalue weighted by atomic mass is 10.0. The van der Waals surface area contributed by atoms with Gasteiger partial charge < -0.3 is 9.13 Å². The lowest BCUT2D eigenvalue weighted by molar-refractivity contribution is 1.18. The van der Waals surface area contributed by atoms with Crippen molar-refractivity contribution >= 4 is 75.1 Å². The number of hydrogen-bond acceptors (Lipinski definition) is 1. The van der Waals surface area contributed by atoms with Gasteiger partial charge in [0, 0.05) is 48.4 Å². The number of hydrogen-bond donors (Lipinski definition) is 0. The van der Waals surface area contributed by atoms with Crippen LogP contribution < -0.4 is 0 Å². The normalized spacial score (nSPS) is 12.1. The molecule has 0 radical (unpaired) electrons. The highest BCUT2D eigenvalue weighted by Gasteiger charge is 2.26. The van der Waals surface area contributed by atoms with Crippen LogP contribution in [0.15, 0.2) is 133 Å². The van der Waals surface area contributed by atoms with Crippen molar-refractivity contribution in [2.75, 3.05) is 0 Å². The van der Waals surface area contributed by atoms with Crippen LogP contribution in [0.4, 0.5) is 0 Å². The third-order valence-corrected chi connectivity index (χ3v) is 9.25. The van der Waals surface area contributed by atoms with Crippen LogP contribution in [0.3, 0.4) is 0 Å². The molecule has 0 unspecified atom stereocenters. The molecule has 2 nitrogen and oxygen atoms in total. The van der Waals surface area contributed by atoms with Gasteiger partial charge in [-0.3, -0.25) is 0 Å². The van der Waals surface area contributed by atoms with Gasteiger partial charge in [-0.2, -0.15) is 0 Å². The predicted molar refractivity (Wildman–Crippen MR) is 168 cm³/mol. The molecule has 0 saturated heterocycles. The number of nitrogens with zero attached hydrogens (tertiary/aromatic N) is 2. The number of fused-ring (bicyclic) bond motifs is 12. The van der Waals surface area contributed by atoms with Crippen molar-refractivity contribution in [3.05, 3.63) is 133 Å². The second kappa shape index (κ2) is 7.83. The lowest BCUT2D eigenvalue weighted by Gasteiger charge is -2.11. The highest BCUT2D eigenvalue weighted by molar-refractivity contribution is 7.27. The minimum Gasteiger partial charge on any atom is -0.309 e. The molecule has 0 amide bonds. The zero-order valence-electron chi connectivity index (χ0n) is 21.0. The first-order valence-corrected chi connectivity index (χ1v) is 14.1. The predicted octanol–water partition coefficient (Wildman–Crippen LogP) is 10.2. The summed E-state index contributed by atoms with van der Waals surface area (Å²) in [7, 11) is 0. The van der Waals surface area contributed by atoms with Gasteiger partial charge in [0.05, 0.1) is 26.8 Å².